The average molecular weight is 245 g/mol. The summed E-state index contributed by atoms with van der Waals surface area (Å²) in [5.74, 6) is 0.0875. The summed E-state index contributed by atoms with van der Waals surface area (Å²) < 4.78 is 0. The summed E-state index contributed by atoms with van der Waals surface area (Å²) in [7, 11) is 0. The number of nitrogens with one attached hydrogen (secondary N) is 2. The van der Waals surface area contributed by atoms with Crippen LogP contribution in [-0.4, -0.2) is 31.6 Å². The zero-order valence-corrected chi connectivity index (χ0v) is 10.5. The number of carbonyl (C=O) groups excluding carboxylic acids is 1. The Morgan fingerprint density at radius 1 is 1.28 bits per heavy atom. The van der Waals surface area contributed by atoms with Gasteiger partial charge >= 0.3 is 0 Å². The van der Waals surface area contributed by atoms with Gasteiger partial charge in [0.2, 0.25) is 5.91 Å². The second kappa shape index (κ2) is 4.98. The van der Waals surface area contributed by atoms with E-state index in [0.717, 1.165) is 24.5 Å². The van der Waals surface area contributed by atoms with Gasteiger partial charge in [-0.25, -0.2) is 0 Å². The zero-order chi connectivity index (χ0) is 12.4. The summed E-state index contributed by atoms with van der Waals surface area (Å²) in [4.78, 5) is 13.9. The molecule has 1 aromatic rings. The highest BCUT2D eigenvalue weighted by Gasteiger charge is 2.24. The molecule has 2 N–H and O–H groups in total. The number of nitrogens with zero attached hydrogens (tertiary/aromatic N) is 1. The highest BCUT2D eigenvalue weighted by atomic mass is 16.2. The lowest BCUT2D eigenvalue weighted by atomic mass is 10.0. The first-order valence-corrected chi connectivity index (χ1v) is 6.70. The van der Waals surface area contributed by atoms with Gasteiger partial charge in [-0.1, -0.05) is 18.6 Å². The number of benzene rings is 1. The number of para-hydroxylation sites is 2. The second-order valence-corrected chi connectivity index (χ2v) is 5.09. The summed E-state index contributed by atoms with van der Waals surface area (Å²) in [6.45, 7) is 2.49. The molecule has 0 radical (unpaired) electrons. The van der Waals surface area contributed by atoms with Crippen molar-refractivity contribution in [1.82, 2.24) is 5.32 Å². The fourth-order valence-corrected chi connectivity index (χ4v) is 2.81. The van der Waals surface area contributed by atoms with Crippen LogP contribution in [0.15, 0.2) is 24.3 Å². The molecular weight excluding hydrogens is 226 g/mol. The summed E-state index contributed by atoms with van der Waals surface area (Å²) >= 11 is 0. The van der Waals surface area contributed by atoms with E-state index in [1.165, 1.54) is 19.3 Å². The molecule has 0 bridgehead atoms. The number of hydrogen-bond acceptors (Lipinski definition) is 3. The summed E-state index contributed by atoms with van der Waals surface area (Å²) in [6, 6.07) is 8.54. The Kier molecular flexibility index (Phi) is 3.19. The highest BCUT2D eigenvalue weighted by molar-refractivity contribution is 6.01. The van der Waals surface area contributed by atoms with Gasteiger partial charge in [-0.05, 0) is 31.5 Å². The van der Waals surface area contributed by atoms with Crippen molar-refractivity contribution >= 4 is 17.3 Å². The number of hydrogen-bond donors (Lipinski definition) is 2. The molecule has 1 unspecified atom stereocenters. The van der Waals surface area contributed by atoms with E-state index in [0.29, 0.717) is 12.6 Å². The molecule has 0 aromatic heterocycles. The highest BCUT2D eigenvalue weighted by Crippen LogP contribution is 2.29. The molecule has 0 saturated carbocycles. The Morgan fingerprint density at radius 3 is 3.00 bits per heavy atom. The van der Waals surface area contributed by atoms with Crippen LogP contribution in [0.5, 0.6) is 0 Å². The van der Waals surface area contributed by atoms with Gasteiger partial charge in [0.05, 0.1) is 17.9 Å². The molecule has 18 heavy (non-hydrogen) atoms. The molecule has 96 valence electrons. The molecule has 1 aromatic carbocycles. The van der Waals surface area contributed by atoms with Crippen LogP contribution >= 0.6 is 0 Å². The Labute approximate surface area is 107 Å². The van der Waals surface area contributed by atoms with E-state index in [9.17, 15) is 4.79 Å². The van der Waals surface area contributed by atoms with Crippen molar-refractivity contribution in [3.05, 3.63) is 24.3 Å². The Balaban J connectivity index is 1.77. The first kappa shape index (κ1) is 11.5. The molecular formula is C14H19N3O. The molecule has 0 spiro atoms. The van der Waals surface area contributed by atoms with Gasteiger partial charge < -0.3 is 15.5 Å². The van der Waals surface area contributed by atoms with Crippen molar-refractivity contribution in [2.45, 2.75) is 25.3 Å². The first-order chi connectivity index (χ1) is 8.83. The van der Waals surface area contributed by atoms with Crippen molar-refractivity contribution in [2.24, 2.45) is 0 Å². The van der Waals surface area contributed by atoms with Crippen molar-refractivity contribution in [1.29, 1.82) is 0 Å². The summed E-state index contributed by atoms with van der Waals surface area (Å²) in [6.07, 6.45) is 3.77. The molecule has 1 atom stereocenters. The molecule has 2 aliphatic heterocycles. The van der Waals surface area contributed by atoms with E-state index in [2.05, 4.69) is 21.6 Å². The zero-order valence-electron chi connectivity index (χ0n) is 10.5. The van der Waals surface area contributed by atoms with E-state index in [4.69, 9.17) is 0 Å². The minimum absolute atomic E-state index is 0.0875. The molecule has 1 saturated heterocycles. The van der Waals surface area contributed by atoms with Crippen LogP contribution in [0.2, 0.25) is 0 Å². The second-order valence-electron chi connectivity index (χ2n) is 5.09. The molecule has 3 rings (SSSR count). The molecule has 1 fully saturated rings. The number of piperidine rings is 1. The SMILES string of the molecule is O=C1CN(CC2CCCCN2)c2ccccc2N1. The average Bonchev–Trinajstić information content (AvgIpc) is 2.40. The quantitative estimate of drug-likeness (QED) is 0.831. The number of fused-ring (bicyclic) bond motifs is 1. The number of anilines is 2. The maximum atomic E-state index is 11.7. The van der Waals surface area contributed by atoms with E-state index >= 15 is 0 Å². The van der Waals surface area contributed by atoms with E-state index < -0.39 is 0 Å². The van der Waals surface area contributed by atoms with Crippen LogP contribution in [-0.2, 0) is 4.79 Å². The molecule has 2 aliphatic rings. The van der Waals surface area contributed by atoms with Gasteiger partial charge in [0, 0.05) is 12.6 Å². The Hall–Kier alpha value is -1.55. The molecule has 4 nitrogen and oxygen atoms in total. The van der Waals surface area contributed by atoms with E-state index in [-0.39, 0.29) is 5.91 Å². The van der Waals surface area contributed by atoms with Crippen LogP contribution in [0.1, 0.15) is 19.3 Å². The van der Waals surface area contributed by atoms with Gasteiger partial charge in [0.15, 0.2) is 0 Å². The Morgan fingerprint density at radius 2 is 2.17 bits per heavy atom. The lowest BCUT2D eigenvalue weighted by Crippen LogP contribution is -2.47. The number of carbonyl (C=O) groups is 1. The van der Waals surface area contributed by atoms with Crippen LogP contribution in [0.4, 0.5) is 11.4 Å². The molecule has 0 aliphatic carbocycles. The van der Waals surface area contributed by atoms with Gasteiger partial charge in [-0.2, -0.15) is 0 Å². The van der Waals surface area contributed by atoms with Gasteiger partial charge in [-0.3, -0.25) is 4.79 Å². The van der Waals surface area contributed by atoms with Crippen LogP contribution in [0.25, 0.3) is 0 Å². The number of rotatable bonds is 2. The van der Waals surface area contributed by atoms with Crippen molar-refractivity contribution in [3.8, 4) is 0 Å². The van der Waals surface area contributed by atoms with Crippen molar-refractivity contribution in [2.75, 3.05) is 29.9 Å². The monoisotopic (exact) mass is 245 g/mol. The third-order valence-electron chi connectivity index (χ3n) is 3.71. The molecule has 1 amide bonds. The van der Waals surface area contributed by atoms with E-state index in [1.54, 1.807) is 0 Å². The van der Waals surface area contributed by atoms with Crippen molar-refractivity contribution < 1.29 is 4.79 Å². The maximum Gasteiger partial charge on any atom is 0.243 e. The van der Waals surface area contributed by atoms with E-state index in [1.807, 2.05) is 18.2 Å². The van der Waals surface area contributed by atoms with Crippen molar-refractivity contribution in [3.63, 3.8) is 0 Å². The van der Waals surface area contributed by atoms with Gasteiger partial charge in [0.1, 0.15) is 0 Å². The van der Waals surface area contributed by atoms with Gasteiger partial charge in [-0.15, -0.1) is 0 Å². The van der Waals surface area contributed by atoms with Crippen LogP contribution in [0.3, 0.4) is 0 Å². The molecule has 2 heterocycles. The first-order valence-electron chi connectivity index (χ1n) is 6.70. The third-order valence-corrected chi connectivity index (χ3v) is 3.71. The summed E-state index contributed by atoms with van der Waals surface area (Å²) in [5, 5.41) is 6.46. The normalized spacial score (nSPS) is 23.4. The maximum absolute atomic E-state index is 11.7. The van der Waals surface area contributed by atoms with Gasteiger partial charge in [0.25, 0.3) is 0 Å². The number of amides is 1. The predicted octanol–water partition coefficient (Wildman–Crippen LogP) is 1.59. The minimum Gasteiger partial charge on any atom is -0.359 e. The largest absolute Gasteiger partial charge is 0.359 e. The van der Waals surface area contributed by atoms with Crippen LogP contribution in [0, 0.1) is 0 Å². The summed E-state index contributed by atoms with van der Waals surface area (Å²) in [5.41, 5.74) is 2.08. The fraction of sp³-hybridized carbons (Fsp3) is 0.500. The standard InChI is InChI=1S/C14H19N3O/c18-14-10-17(9-11-5-3-4-8-15-11)13-7-2-1-6-12(13)16-14/h1-2,6-7,11,15H,3-5,8-10H2,(H,16,18). The lowest BCUT2D eigenvalue weighted by Gasteiger charge is -2.35. The predicted molar refractivity (Wildman–Crippen MR) is 72.9 cm³/mol. The molecule has 4 heteroatoms. The third kappa shape index (κ3) is 2.34. The lowest BCUT2D eigenvalue weighted by molar-refractivity contribution is -0.115. The smallest absolute Gasteiger partial charge is 0.243 e. The van der Waals surface area contributed by atoms with Crippen LogP contribution < -0.4 is 15.5 Å². The fourth-order valence-electron chi connectivity index (χ4n) is 2.81. The topological polar surface area (TPSA) is 44.4 Å². The minimum atomic E-state index is 0.0875. The Bertz CT molecular complexity index is 440.